The van der Waals surface area contributed by atoms with Crippen LogP contribution in [0.1, 0.15) is 33.6 Å². The van der Waals surface area contributed by atoms with Crippen LogP contribution in [0.3, 0.4) is 0 Å². The topological polar surface area (TPSA) is 15.6 Å². The summed E-state index contributed by atoms with van der Waals surface area (Å²) in [5.41, 5.74) is 1.06. The van der Waals surface area contributed by atoms with Gasteiger partial charge in [0.25, 0.3) is 0 Å². The van der Waals surface area contributed by atoms with Crippen molar-refractivity contribution < 1.29 is 0 Å². The number of hydrogen-bond acceptors (Lipinski definition) is 3. The van der Waals surface area contributed by atoms with Crippen LogP contribution in [0.5, 0.6) is 0 Å². The predicted octanol–water partition coefficient (Wildman–Crippen LogP) is 8.05. The molecule has 3 aromatic rings. The van der Waals surface area contributed by atoms with Gasteiger partial charge >= 0.3 is 0 Å². The second-order valence-electron chi connectivity index (χ2n) is 7.41. The largest absolute Gasteiger partial charge is 0.304 e. The fraction of sp³-hybridized carbons (Fsp3) is 0.375. The summed E-state index contributed by atoms with van der Waals surface area (Å²) in [5.74, 6) is 0. The molecule has 0 fully saturated rings. The van der Waals surface area contributed by atoms with E-state index in [-0.39, 0.29) is 6.04 Å². The predicted molar refractivity (Wildman–Crippen MR) is 137 cm³/mol. The number of fused-ring (bicyclic) bond motifs is 1. The molecule has 1 heterocycles. The number of hydrogen-bond donors (Lipinski definition) is 0. The molecular weight excluding hydrogens is 499 g/mol. The van der Waals surface area contributed by atoms with Gasteiger partial charge in [0.2, 0.25) is 0 Å². The van der Waals surface area contributed by atoms with E-state index in [1.165, 1.54) is 10.1 Å². The van der Waals surface area contributed by atoms with Gasteiger partial charge in [0, 0.05) is 25.5 Å². The first-order valence-electron chi connectivity index (χ1n) is 10.4. The Balaban J connectivity index is 1.97. The van der Waals surface area contributed by atoms with Crippen LogP contribution < -0.4 is 5.36 Å². The van der Waals surface area contributed by atoms with Crippen LogP contribution in [-0.4, -0.2) is 30.6 Å². The molecule has 1 atom stereocenters. The van der Waals surface area contributed by atoms with E-state index < -0.39 is 0 Å². The summed E-state index contributed by atoms with van der Waals surface area (Å²) in [4.78, 5) is 8.71. The maximum atomic E-state index is 6.27. The standard InChI is InChI=1S/C24H27BrCl2N2S/c1-4-29(5-2)12-6-7-16(3)28-22-15-24(17-8-10-20(26)21(27)13-17)30-23-11-9-18(25)14-19(22)23/h8-11,13-16H,4-7,12H2,1-3H3. The second-order valence-corrected chi connectivity index (χ2v) is 10.2. The second kappa shape index (κ2) is 11.1. The average Bonchev–Trinajstić information content (AvgIpc) is 2.73. The minimum atomic E-state index is 0.261. The highest BCUT2D eigenvalue weighted by Gasteiger charge is 2.09. The van der Waals surface area contributed by atoms with E-state index in [9.17, 15) is 0 Å². The monoisotopic (exact) mass is 524 g/mol. The molecule has 0 N–H and O–H groups in total. The van der Waals surface area contributed by atoms with E-state index in [1.807, 2.05) is 18.2 Å². The summed E-state index contributed by atoms with van der Waals surface area (Å²) in [6, 6.07) is 14.6. The van der Waals surface area contributed by atoms with Gasteiger partial charge in [0.05, 0.1) is 15.4 Å². The molecule has 0 aliphatic heterocycles. The molecule has 0 aliphatic rings. The Morgan fingerprint density at radius 3 is 2.50 bits per heavy atom. The van der Waals surface area contributed by atoms with Crippen LogP contribution >= 0.6 is 50.5 Å². The molecule has 0 spiro atoms. The third-order valence-electron chi connectivity index (χ3n) is 5.26. The molecular formula is C24H27BrCl2N2S. The van der Waals surface area contributed by atoms with Gasteiger partial charge in [-0.2, -0.15) is 0 Å². The van der Waals surface area contributed by atoms with E-state index >= 15 is 0 Å². The van der Waals surface area contributed by atoms with Crippen molar-refractivity contribution in [3.05, 3.63) is 62.3 Å². The first kappa shape index (κ1) is 23.7. The number of halogens is 3. The van der Waals surface area contributed by atoms with E-state index in [0.29, 0.717) is 10.0 Å². The fourth-order valence-corrected chi connectivity index (χ4v) is 5.21. The van der Waals surface area contributed by atoms with Crippen LogP contribution in [0.4, 0.5) is 0 Å². The first-order chi connectivity index (χ1) is 14.4. The molecule has 30 heavy (non-hydrogen) atoms. The summed E-state index contributed by atoms with van der Waals surface area (Å²) in [6.07, 6.45) is 2.23. The normalized spacial score (nSPS) is 13.4. The molecule has 160 valence electrons. The van der Waals surface area contributed by atoms with Crippen molar-refractivity contribution in [1.29, 1.82) is 0 Å². The molecule has 0 amide bonds. The molecule has 0 saturated heterocycles. The quantitative estimate of drug-likeness (QED) is 0.290. The zero-order valence-electron chi connectivity index (χ0n) is 17.6. The Morgan fingerprint density at radius 2 is 1.80 bits per heavy atom. The Kier molecular flexibility index (Phi) is 8.79. The smallest absolute Gasteiger partial charge is 0.0678 e. The molecule has 0 bridgehead atoms. The maximum Gasteiger partial charge on any atom is 0.0678 e. The molecule has 2 nitrogen and oxygen atoms in total. The molecule has 2 aromatic carbocycles. The third-order valence-corrected chi connectivity index (χ3v) is 7.64. The summed E-state index contributed by atoms with van der Waals surface area (Å²) in [6.45, 7) is 9.99. The molecule has 6 heteroatoms. The van der Waals surface area contributed by atoms with Crippen molar-refractivity contribution in [1.82, 2.24) is 4.90 Å². The van der Waals surface area contributed by atoms with Crippen LogP contribution in [0.25, 0.3) is 20.5 Å². The molecule has 1 aromatic heterocycles. The minimum absolute atomic E-state index is 0.261. The van der Waals surface area contributed by atoms with Crippen LogP contribution in [-0.2, 0) is 0 Å². The number of rotatable bonds is 8. The summed E-state index contributed by atoms with van der Waals surface area (Å²) in [7, 11) is 0. The lowest BCUT2D eigenvalue weighted by Crippen LogP contribution is -2.24. The Labute approximate surface area is 201 Å². The molecule has 0 saturated carbocycles. The highest BCUT2D eigenvalue weighted by Crippen LogP contribution is 2.33. The van der Waals surface area contributed by atoms with Crippen molar-refractivity contribution in [2.75, 3.05) is 19.6 Å². The zero-order chi connectivity index (χ0) is 21.7. The number of nitrogens with zero attached hydrogens (tertiary/aromatic N) is 2. The van der Waals surface area contributed by atoms with Crippen LogP contribution in [0.15, 0.2) is 51.9 Å². The Bertz CT molecular complexity index is 1080. The molecule has 0 aliphatic carbocycles. The summed E-state index contributed by atoms with van der Waals surface area (Å²) in [5, 5.41) is 3.35. The van der Waals surface area contributed by atoms with Gasteiger partial charge in [-0.25, -0.2) is 0 Å². The third kappa shape index (κ3) is 6.08. The SMILES string of the molecule is CCN(CC)CCCC(C)N=c1cc(-c2ccc(Cl)c(Cl)c2)sc2ccc(Br)cc12. The minimum Gasteiger partial charge on any atom is -0.304 e. The van der Waals surface area contributed by atoms with Crippen molar-refractivity contribution in [3.63, 3.8) is 0 Å². The van der Waals surface area contributed by atoms with Gasteiger partial charge in [-0.05, 0) is 81.4 Å². The molecule has 0 radical (unpaired) electrons. The van der Waals surface area contributed by atoms with Gasteiger partial charge in [-0.1, -0.05) is 59.0 Å². The lowest BCUT2D eigenvalue weighted by molar-refractivity contribution is 0.294. The fourth-order valence-electron chi connectivity index (χ4n) is 3.49. The van der Waals surface area contributed by atoms with Crippen LogP contribution in [0, 0.1) is 0 Å². The lowest BCUT2D eigenvalue weighted by atomic mass is 10.1. The number of benzene rings is 2. The average molecular weight is 526 g/mol. The van der Waals surface area contributed by atoms with Gasteiger partial charge in [-0.15, -0.1) is 11.3 Å². The van der Waals surface area contributed by atoms with Gasteiger partial charge in [0.1, 0.15) is 0 Å². The van der Waals surface area contributed by atoms with Gasteiger partial charge in [-0.3, -0.25) is 4.99 Å². The van der Waals surface area contributed by atoms with Crippen molar-refractivity contribution >= 4 is 60.6 Å². The maximum absolute atomic E-state index is 6.27. The lowest BCUT2D eigenvalue weighted by Gasteiger charge is -2.18. The van der Waals surface area contributed by atoms with Gasteiger partial charge in [0.15, 0.2) is 0 Å². The highest BCUT2D eigenvalue weighted by molar-refractivity contribution is 9.10. The molecule has 1 unspecified atom stereocenters. The Hall–Kier alpha value is -0.910. The Morgan fingerprint density at radius 1 is 1.03 bits per heavy atom. The highest BCUT2D eigenvalue weighted by atomic mass is 79.9. The van der Waals surface area contributed by atoms with E-state index in [1.54, 1.807) is 11.3 Å². The van der Waals surface area contributed by atoms with E-state index in [0.717, 1.165) is 52.7 Å². The summed E-state index contributed by atoms with van der Waals surface area (Å²) >= 11 is 17.7. The van der Waals surface area contributed by atoms with E-state index in [4.69, 9.17) is 28.2 Å². The first-order valence-corrected chi connectivity index (χ1v) is 12.7. The van der Waals surface area contributed by atoms with E-state index in [2.05, 4.69) is 65.9 Å². The van der Waals surface area contributed by atoms with Crippen molar-refractivity contribution in [2.24, 2.45) is 4.99 Å². The van der Waals surface area contributed by atoms with Crippen LogP contribution in [0.2, 0.25) is 10.0 Å². The van der Waals surface area contributed by atoms with Gasteiger partial charge < -0.3 is 4.90 Å². The van der Waals surface area contributed by atoms with Crippen molar-refractivity contribution in [2.45, 2.75) is 39.7 Å². The van der Waals surface area contributed by atoms with Crippen molar-refractivity contribution in [3.8, 4) is 10.4 Å². The molecule has 3 rings (SSSR count). The zero-order valence-corrected chi connectivity index (χ0v) is 21.5. The summed E-state index contributed by atoms with van der Waals surface area (Å²) < 4.78 is 2.27.